The van der Waals surface area contributed by atoms with Gasteiger partial charge < -0.3 is 29.7 Å². The maximum Gasteiger partial charge on any atom is 0.321 e. The van der Waals surface area contributed by atoms with E-state index in [0.29, 0.717) is 29.1 Å². The third-order valence-electron chi connectivity index (χ3n) is 7.01. The molecule has 1 aliphatic rings. The summed E-state index contributed by atoms with van der Waals surface area (Å²) in [7, 11) is 3.25. The molecule has 0 radical (unpaired) electrons. The fourth-order valence-corrected chi connectivity index (χ4v) is 4.46. The molecule has 40 heavy (non-hydrogen) atoms. The number of nitriles is 1. The monoisotopic (exact) mass is 543 g/mol. The quantitative estimate of drug-likeness (QED) is 0.461. The number of methoxy groups -OCH3 is 1. The minimum atomic E-state index is -0.486. The van der Waals surface area contributed by atoms with Crippen LogP contribution < -0.4 is 14.8 Å². The molecular weight excluding hydrogens is 510 g/mol. The zero-order chi connectivity index (χ0) is 28.8. The number of carbonyl (C=O) groups excluding carboxylic acids is 2. The fourth-order valence-electron chi connectivity index (χ4n) is 4.46. The Kier molecular flexibility index (Phi) is 8.86. The second kappa shape index (κ2) is 12.5. The zero-order valence-corrected chi connectivity index (χ0v) is 23.0. The van der Waals surface area contributed by atoms with E-state index in [1.54, 1.807) is 86.8 Å². The van der Waals surface area contributed by atoms with E-state index in [1.807, 2.05) is 6.92 Å². The van der Waals surface area contributed by atoms with Crippen LogP contribution in [-0.2, 0) is 0 Å². The molecule has 0 fully saturated rings. The summed E-state index contributed by atoms with van der Waals surface area (Å²) < 4.78 is 11.5. The molecule has 2 N–H and O–H groups in total. The number of rotatable bonds is 7. The van der Waals surface area contributed by atoms with Crippen LogP contribution in [0.25, 0.3) is 11.1 Å². The predicted octanol–water partition coefficient (Wildman–Crippen LogP) is 4.01. The van der Waals surface area contributed by atoms with E-state index in [1.165, 1.54) is 4.90 Å². The smallest absolute Gasteiger partial charge is 0.321 e. The number of amides is 3. The predicted molar refractivity (Wildman–Crippen MR) is 150 cm³/mol. The molecule has 0 spiro atoms. The summed E-state index contributed by atoms with van der Waals surface area (Å²) in [5.74, 6) is 0.378. The van der Waals surface area contributed by atoms with Crippen LogP contribution in [0.3, 0.4) is 0 Å². The van der Waals surface area contributed by atoms with Crippen LogP contribution in [0, 0.1) is 17.2 Å². The summed E-state index contributed by atoms with van der Waals surface area (Å²) in [4.78, 5) is 34.3. The molecule has 4 rings (SSSR count). The highest BCUT2D eigenvalue weighted by atomic mass is 16.5. The molecule has 0 bridgehead atoms. The Morgan fingerprint density at radius 1 is 1.25 bits per heavy atom. The Bertz CT molecular complexity index is 1390. The number of aliphatic hydroxyl groups excluding tert-OH is 1. The molecule has 0 saturated carbocycles. The lowest BCUT2D eigenvalue weighted by atomic mass is 9.99. The summed E-state index contributed by atoms with van der Waals surface area (Å²) in [6, 6.07) is 17.1. The van der Waals surface area contributed by atoms with Crippen molar-refractivity contribution in [2.24, 2.45) is 5.92 Å². The number of likely N-dealkylation sites (N-methyl/N-ethyl adjacent to an activating group) is 1. The van der Waals surface area contributed by atoms with Crippen molar-refractivity contribution in [3.05, 3.63) is 71.9 Å². The van der Waals surface area contributed by atoms with E-state index in [2.05, 4.69) is 16.4 Å². The maximum atomic E-state index is 13.7. The maximum absolute atomic E-state index is 13.7. The minimum Gasteiger partial charge on any atom is -0.497 e. The molecule has 0 saturated heterocycles. The lowest BCUT2D eigenvalue weighted by Gasteiger charge is -2.37. The van der Waals surface area contributed by atoms with Crippen molar-refractivity contribution in [1.82, 2.24) is 14.8 Å². The molecule has 3 aromatic rings. The number of fused-ring (bicyclic) bond motifs is 1. The second-order valence-electron chi connectivity index (χ2n) is 9.93. The molecule has 1 aliphatic heterocycles. The molecular formula is C30H33N5O5. The molecule has 2 aromatic carbocycles. The van der Waals surface area contributed by atoms with E-state index >= 15 is 0 Å². The van der Waals surface area contributed by atoms with Gasteiger partial charge in [0.05, 0.1) is 37.9 Å². The van der Waals surface area contributed by atoms with Gasteiger partial charge in [-0.1, -0.05) is 19.1 Å². The normalized spacial score (nSPS) is 17.4. The van der Waals surface area contributed by atoms with Gasteiger partial charge in [-0.3, -0.25) is 4.79 Å². The third-order valence-corrected chi connectivity index (χ3v) is 7.01. The van der Waals surface area contributed by atoms with E-state index in [9.17, 15) is 14.7 Å². The highest BCUT2D eigenvalue weighted by Crippen LogP contribution is 2.30. The Morgan fingerprint density at radius 3 is 2.58 bits per heavy atom. The van der Waals surface area contributed by atoms with Crippen molar-refractivity contribution < 1.29 is 24.2 Å². The van der Waals surface area contributed by atoms with Gasteiger partial charge in [0.25, 0.3) is 5.91 Å². The number of benzene rings is 2. The molecule has 0 aliphatic carbocycles. The van der Waals surface area contributed by atoms with Crippen LogP contribution in [0.1, 0.15) is 29.8 Å². The van der Waals surface area contributed by atoms with Crippen LogP contribution in [0.15, 0.2) is 60.8 Å². The van der Waals surface area contributed by atoms with Gasteiger partial charge >= 0.3 is 6.03 Å². The molecule has 0 unspecified atom stereocenters. The van der Waals surface area contributed by atoms with Gasteiger partial charge in [-0.2, -0.15) is 5.26 Å². The van der Waals surface area contributed by atoms with Crippen LogP contribution >= 0.6 is 0 Å². The number of ether oxygens (including phenoxy) is 2. The van der Waals surface area contributed by atoms with Gasteiger partial charge in [-0.05, 0) is 55.0 Å². The molecule has 2 heterocycles. The minimum absolute atomic E-state index is 0.165. The molecule has 10 heteroatoms. The number of urea groups is 1. The van der Waals surface area contributed by atoms with Gasteiger partial charge in [0.15, 0.2) is 0 Å². The molecule has 208 valence electrons. The lowest BCUT2D eigenvalue weighted by molar-refractivity contribution is 0.0356. The van der Waals surface area contributed by atoms with Crippen molar-refractivity contribution in [2.45, 2.75) is 26.0 Å². The molecule has 3 atom stereocenters. The summed E-state index contributed by atoms with van der Waals surface area (Å²) >= 11 is 0. The Hall–Kier alpha value is -4.62. The number of nitrogens with zero attached hydrogens (tertiary/aromatic N) is 4. The number of aromatic nitrogens is 1. The number of pyridine rings is 1. The van der Waals surface area contributed by atoms with E-state index in [0.717, 1.165) is 5.56 Å². The Morgan fingerprint density at radius 2 is 1.95 bits per heavy atom. The lowest BCUT2D eigenvalue weighted by Crippen LogP contribution is -2.50. The average Bonchev–Trinajstić information content (AvgIpc) is 2.98. The van der Waals surface area contributed by atoms with Gasteiger partial charge in [0.2, 0.25) is 5.88 Å². The second-order valence-corrected chi connectivity index (χ2v) is 9.93. The van der Waals surface area contributed by atoms with E-state index in [-0.39, 0.29) is 42.5 Å². The topological polar surface area (TPSA) is 128 Å². The van der Waals surface area contributed by atoms with Gasteiger partial charge in [0, 0.05) is 37.0 Å². The van der Waals surface area contributed by atoms with Crippen molar-refractivity contribution >= 4 is 17.6 Å². The van der Waals surface area contributed by atoms with Crippen molar-refractivity contribution in [2.75, 3.05) is 39.2 Å². The summed E-state index contributed by atoms with van der Waals surface area (Å²) in [6.07, 6.45) is 1.14. The molecule has 10 nitrogen and oxygen atoms in total. The largest absolute Gasteiger partial charge is 0.497 e. The van der Waals surface area contributed by atoms with Crippen LogP contribution in [-0.4, -0.2) is 77.8 Å². The van der Waals surface area contributed by atoms with Gasteiger partial charge in [0.1, 0.15) is 17.4 Å². The standard InChI is InChI=1S/C30H33N5O5/c1-19-16-35(20(2)18-36)29(37)26-13-23(22-7-5-21(14-31)6-8-22)15-32-28(26)40-27(19)17-34(3)30(38)33-24-9-11-25(39-4)12-10-24/h5-13,15,19-20,27,36H,16-18H2,1-4H3,(H,33,38)/t19-,20+,27+/m1/s1. The van der Waals surface area contributed by atoms with Crippen molar-refractivity contribution in [3.63, 3.8) is 0 Å². The first-order chi connectivity index (χ1) is 19.2. The number of aliphatic hydroxyl groups is 1. The Labute approximate surface area is 233 Å². The third kappa shape index (κ3) is 6.33. The summed E-state index contributed by atoms with van der Waals surface area (Å²) in [5, 5.41) is 21.9. The van der Waals surface area contributed by atoms with E-state index in [4.69, 9.17) is 14.7 Å². The van der Waals surface area contributed by atoms with Crippen LogP contribution in [0.5, 0.6) is 11.6 Å². The first kappa shape index (κ1) is 28.4. The average molecular weight is 544 g/mol. The Balaban J connectivity index is 1.60. The number of nitrogens with one attached hydrogen (secondary N) is 1. The number of anilines is 1. The molecule has 1 aromatic heterocycles. The van der Waals surface area contributed by atoms with E-state index < -0.39 is 12.1 Å². The zero-order valence-electron chi connectivity index (χ0n) is 23.0. The SMILES string of the molecule is COc1ccc(NC(=O)N(C)C[C@@H]2Oc3ncc(-c4ccc(C#N)cc4)cc3C(=O)N([C@@H](C)CO)C[C@H]2C)cc1. The van der Waals surface area contributed by atoms with Crippen molar-refractivity contribution in [1.29, 1.82) is 5.26 Å². The highest BCUT2D eigenvalue weighted by molar-refractivity contribution is 5.98. The van der Waals surface area contributed by atoms with Crippen LogP contribution in [0.4, 0.5) is 10.5 Å². The highest BCUT2D eigenvalue weighted by Gasteiger charge is 2.34. The fraction of sp³-hybridized carbons (Fsp3) is 0.333. The van der Waals surface area contributed by atoms with Crippen molar-refractivity contribution in [3.8, 4) is 28.8 Å². The number of carbonyl (C=O) groups is 2. The first-order valence-corrected chi connectivity index (χ1v) is 13.0. The first-order valence-electron chi connectivity index (χ1n) is 13.0. The number of hydrogen-bond acceptors (Lipinski definition) is 7. The molecule has 3 amide bonds. The number of hydrogen-bond donors (Lipinski definition) is 2. The van der Waals surface area contributed by atoms with Gasteiger partial charge in [-0.25, -0.2) is 9.78 Å². The van der Waals surface area contributed by atoms with Crippen LogP contribution in [0.2, 0.25) is 0 Å². The summed E-state index contributed by atoms with van der Waals surface area (Å²) in [5.41, 5.74) is 2.91. The van der Waals surface area contributed by atoms with Gasteiger partial charge in [-0.15, -0.1) is 0 Å². The summed E-state index contributed by atoms with van der Waals surface area (Å²) in [6.45, 7) is 4.08.